The topological polar surface area (TPSA) is 25.2 Å². The lowest BCUT2D eigenvalue weighted by Crippen LogP contribution is -2.12. The fourth-order valence-electron chi connectivity index (χ4n) is 1.55. The van der Waals surface area contributed by atoms with Gasteiger partial charge in [-0.3, -0.25) is 0 Å². The van der Waals surface area contributed by atoms with Crippen LogP contribution < -0.4 is 5.32 Å². The van der Waals surface area contributed by atoms with E-state index in [4.69, 9.17) is 4.42 Å². The van der Waals surface area contributed by atoms with Gasteiger partial charge in [0.15, 0.2) is 0 Å². The maximum atomic E-state index is 5.35. The lowest BCUT2D eigenvalue weighted by Gasteiger charge is -2.04. The van der Waals surface area contributed by atoms with Gasteiger partial charge in [0.05, 0.1) is 12.8 Å². The summed E-state index contributed by atoms with van der Waals surface area (Å²) in [7, 11) is 0. The maximum Gasteiger partial charge on any atom is 0.120 e. The van der Waals surface area contributed by atoms with Crippen LogP contribution in [-0.4, -0.2) is 0 Å². The first kappa shape index (κ1) is 11.4. The minimum Gasteiger partial charge on any atom is -0.468 e. The molecule has 0 amide bonds. The number of hydrogen-bond acceptors (Lipinski definition) is 2. The average molecular weight is 280 g/mol. The number of halogens is 1. The lowest BCUT2D eigenvalue weighted by molar-refractivity contribution is 0.480. The van der Waals surface area contributed by atoms with Gasteiger partial charge >= 0.3 is 0 Å². The zero-order chi connectivity index (χ0) is 11.4. The molecule has 2 nitrogen and oxygen atoms in total. The molecule has 0 bridgehead atoms. The van der Waals surface area contributed by atoms with Crippen LogP contribution in [0.2, 0.25) is 0 Å². The van der Waals surface area contributed by atoms with Gasteiger partial charge in [0.1, 0.15) is 5.76 Å². The largest absolute Gasteiger partial charge is 0.468 e. The standard InChI is InChI=1S/C13H14BrNO/c1-10-5-6-16-13(10)9-15-8-11-3-2-4-12(14)7-11/h2-7,15H,8-9H2,1H3. The third kappa shape index (κ3) is 2.97. The lowest BCUT2D eigenvalue weighted by atomic mass is 10.2. The van der Waals surface area contributed by atoms with Gasteiger partial charge in [-0.05, 0) is 36.2 Å². The van der Waals surface area contributed by atoms with Crippen LogP contribution >= 0.6 is 15.9 Å². The van der Waals surface area contributed by atoms with Crippen molar-refractivity contribution in [1.29, 1.82) is 0 Å². The van der Waals surface area contributed by atoms with Crippen molar-refractivity contribution in [1.82, 2.24) is 5.32 Å². The van der Waals surface area contributed by atoms with E-state index in [-0.39, 0.29) is 0 Å². The molecule has 0 saturated carbocycles. The first-order valence-electron chi connectivity index (χ1n) is 5.24. The van der Waals surface area contributed by atoms with Gasteiger partial charge in [-0.1, -0.05) is 28.1 Å². The van der Waals surface area contributed by atoms with Crippen molar-refractivity contribution in [3.8, 4) is 0 Å². The van der Waals surface area contributed by atoms with E-state index >= 15 is 0 Å². The molecule has 0 aliphatic carbocycles. The van der Waals surface area contributed by atoms with Crippen molar-refractivity contribution in [3.63, 3.8) is 0 Å². The van der Waals surface area contributed by atoms with E-state index in [1.165, 1.54) is 11.1 Å². The van der Waals surface area contributed by atoms with Crippen molar-refractivity contribution in [2.24, 2.45) is 0 Å². The van der Waals surface area contributed by atoms with E-state index < -0.39 is 0 Å². The van der Waals surface area contributed by atoms with E-state index in [9.17, 15) is 0 Å². The number of rotatable bonds is 4. The van der Waals surface area contributed by atoms with Crippen molar-refractivity contribution in [2.45, 2.75) is 20.0 Å². The molecule has 84 valence electrons. The van der Waals surface area contributed by atoms with Crippen LogP contribution in [0.4, 0.5) is 0 Å². The third-order valence-electron chi connectivity index (χ3n) is 2.47. The number of benzene rings is 1. The summed E-state index contributed by atoms with van der Waals surface area (Å²) in [5, 5.41) is 3.36. The van der Waals surface area contributed by atoms with E-state index in [0.717, 1.165) is 23.3 Å². The number of aryl methyl sites for hydroxylation is 1. The summed E-state index contributed by atoms with van der Waals surface area (Å²) in [5.74, 6) is 1.01. The van der Waals surface area contributed by atoms with Crippen molar-refractivity contribution >= 4 is 15.9 Å². The highest BCUT2D eigenvalue weighted by atomic mass is 79.9. The Morgan fingerprint density at radius 2 is 2.12 bits per heavy atom. The summed E-state index contributed by atoms with van der Waals surface area (Å²) < 4.78 is 6.47. The fraction of sp³-hybridized carbons (Fsp3) is 0.231. The minimum absolute atomic E-state index is 0.769. The van der Waals surface area contributed by atoms with E-state index in [0.29, 0.717) is 0 Å². The second kappa shape index (κ2) is 5.32. The predicted octanol–water partition coefficient (Wildman–Crippen LogP) is 3.64. The first-order chi connectivity index (χ1) is 7.75. The Hall–Kier alpha value is -1.06. The molecule has 2 rings (SSSR count). The summed E-state index contributed by atoms with van der Waals surface area (Å²) in [6.45, 7) is 3.67. The number of nitrogens with one attached hydrogen (secondary N) is 1. The number of hydrogen-bond donors (Lipinski definition) is 1. The van der Waals surface area contributed by atoms with E-state index in [1.807, 2.05) is 18.2 Å². The van der Waals surface area contributed by atoms with Gasteiger partial charge in [0.25, 0.3) is 0 Å². The van der Waals surface area contributed by atoms with Crippen molar-refractivity contribution < 1.29 is 4.42 Å². The van der Waals surface area contributed by atoms with E-state index in [2.05, 4.69) is 40.3 Å². The van der Waals surface area contributed by atoms with Crippen molar-refractivity contribution in [2.75, 3.05) is 0 Å². The van der Waals surface area contributed by atoms with Crippen LogP contribution in [0, 0.1) is 6.92 Å². The quantitative estimate of drug-likeness (QED) is 0.925. The van der Waals surface area contributed by atoms with Crippen LogP contribution in [-0.2, 0) is 13.1 Å². The molecule has 0 fully saturated rings. The molecule has 0 spiro atoms. The van der Waals surface area contributed by atoms with E-state index in [1.54, 1.807) is 6.26 Å². The average Bonchev–Trinajstić information content (AvgIpc) is 2.65. The van der Waals surface area contributed by atoms with Gasteiger partial charge < -0.3 is 9.73 Å². The van der Waals surface area contributed by atoms with Crippen LogP contribution in [0.25, 0.3) is 0 Å². The van der Waals surface area contributed by atoms with Crippen LogP contribution in [0.5, 0.6) is 0 Å². The molecule has 16 heavy (non-hydrogen) atoms. The molecule has 1 aromatic heterocycles. The highest BCUT2D eigenvalue weighted by Gasteiger charge is 2.00. The third-order valence-corrected chi connectivity index (χ3v) is 2.97. The van der Waals surface area contributed by atoms with Gasteiger partial charge in [-0.2, -0.15) is 0 Å². The van der Waals surface area contributed by atoms with Gasteiger partial charge in [-0.25, -0.2) is 0 Å². The Bertz CT molecular complexity index is 464. The van der Waals surface area contributed by atoms with Crippen LogP contribution in [0.1, 0.15) is 16.9 Å². The molecular weight excluding hydrogens is 266 g/mol. The summed E-state index contributed by atoms with van der Waals surface area (Å²) in [6.07, 6.45) is 1.73. The molecule has 1 N–H and O–H groups in total. The minimum atomic E-state index is 0.769. The second-order valence-corrected chi connectivity index (χ2v) is 4.68. The number of furan rings is 1. The maximum absolute atomic E-state index is 5.35. The zero-order valence-electron chi connectivity index (χ0n) is 9.16. The second-order valence-electron chi connectivity index (χ2n) is 3.76. The summed E-state index contributed by atoms with van der Waals surface area (Å²) in [5.41, 5.74) is 2.46. The SMILES string of the molecule is Cc1ccoc1CNCc1cccc(Br)c1. The molecule has 1 heterocycles. The first-order valence-corrected chi connectivity index (χ1v) is 6.03. The fourth-order valence-corrected chi connectivity index (χ4v) is 2.00. The highest BCUT2D eigenvalue weighted by molar-refractivity contribution is 9.10. The Kier molecular flexibility index (Phi) is 3.80. The summed E-state index contributed by atoms with van der Waals surface area (Å²) in [4.78, 5) is 0. The molecule has 0 saturated heterocycles. The van der Waals surface area contributed by atoms with Gasteiger partial charge in [0.2, 0.25) is 0 Å². The molecule has 1 aromatic carbocycles. The molecule has 0 aliphatic rings. The summed E-state index contributed by atoms with van der Waals surface area (Å²) in [6, 6.07) is 10.3. The van der Waals surface area contributed by atoms with Gasteiger partial charge in [-0.15, -0.1) is 0 Å². The Balaban J connectivity index is 1.87. The Morgan fingerprint density at radius 1 is 1.25 bits per heavy atom. The predicted molar refractivity (Wildman–Crippen MR) is 68.1 cm³/mol. The van der Waals surface area contributed by atoms with Gasteiger partial charge in [0, 0.05) is 11.0 Å². The molecule has 2 aromatic rings. The van der Waals surface area contributed by atoms with Crippen molar-refractivity contribution in [3.05, 3.63) is 58.0 Å². The smallest absolute Gasteiger partial charge is 0.120 e. The monoisotopic (exact) mass is 279 g/mol. The molecule has 0 aliphatic heterocycles. The molecule has 0 unspecified atom stereocenters. The molecule has 0 atom stereocenters. The summed E-state index contributed by atoms with van der Waals surface area (Å²) >= 11 is 3.46. The zero-order valence-corrected chi connectivity index (χ0v) is 10.8. The van der Waals surface area contributed by atoms with Crippen LogP contribution in [0.15, 0.2) is 45.5 Å². The highest BCUT2D eigenvalue weighted by Crippen LogP contribution is 2.12. The molecule has 3 heteroatoms. The molecular formula is C13H14BrNO. The molecule has 0 radical (unpaired) electrons. The Morgan fingerprint density at radius 3 is 2.81 bits per heavy atom. The van der Waals surface area contributed by atoms with Crippen LogP contribution in [0.3, 0.4) is 0 Å². The normalized spacial score (nSPS) is 10.6. The Labute approximate surface area is 104 Å².